The highest BCUT2D eigenvalue weighted by atomic mass is 35.5. The summed E-state index contributed by atoms with van der Waals surface area (Å²) in [5.74, 6) is -0.0692. The number of carbonyl (C=O) groups is 1. The molecule has 12 nitrogen and oxygen atoms in total. The van der Waals surface area contributed by atoms with Crippen molar-refractivity contribution in [2.24, 2.45) is 5.29 Å². The lowest BCUT2D eigenvalue weighted by molar-refractivity contribution is -0.318. The molecule has 176 valence electrons. The van der Waals surface area contributed by atoms with Crippen LogP contribution < -0.4 is 0 Å². The summed E-state index contributed by atoms with van der Waals surface area (Å²) < 4.78 is 15.8. The Balaban J connectivity index is 3.03. The van der Waals surface area contributed by atoms with Crippen molar-refractivity contribution >= 4 is 17.6 Å². The second-order valence-corrected chi connectivity index (χ2v) is 7.17. The van der Waals surface area contributed by atoms with Gasteiger partial charge in [-0.05, 0) is 12.8 Å². The maximum absolute atomic E-state index is 12.7. The standard InChI is InChI=1S/C17H32ClN3O9/c1-3-4-10-29-16-13(24)11(22)12(23)14(30-16)15(25)20(7-5-9-28-2)17(26)21(19-27)8-6-18/h11-16,22-25H,3-10H2,1-2H3/t11-,12-,13+,14-,15?,16+/m0/s1. The number of nitroso groups, excluding NO2 is 1. The van der Waals surface area contributed by atoms with Crippen molar-refractivity contribution in [3.63, 3.8) is 0 Å². The van der Waals surface area contributed by atoms with E-state index in [-0.39, 0.29) is 38.6 Å². The van der Waals surface area contributed by atoms with E-state index in [1.54, 1.807) is 0 Å². The molecule has 0 aliphatic carbocycles. The second kappa shape index (κ2) is 14.0. The van der Waals surface area contributed by atoms with Gasteiger partial charge in [-0.1, -0.05) is 13.3 Å². The summed E-state index contributed by atoms with van der Waals surface area (Å²) in [5.41, 5.74) is 0. The minimum Gasteiger partial charge on any atom is -0.387 e. The normalized spacial score (nSPS) is 27.5. The summed E-state index contributed by atoms with van der Waals surface area (Å²) >= 11 is 5.58. The largest absolute Gasteiger partial charge is 0.387 e. The van der Waals surface area contributed by atoms with Gasteiger partial charge in [0.25, 0.3) is 0 Å². The van der Waals surface area contributed by atoms with Crippen LogP contribution in [0.3, 0.4) is 0 Å². The third-order valence-electron chi connectivity index (χ3n) is 4.61. The summed E-state index contributed by atoms with van der Waals surface area (Å²) in [7, 11) is 1.46. The van der Waals surface area contributed by atoms with Gasteiger partial charge in [0.1, 0.15) is 24.4 Å². The average Bonchev–Trinajstić information content (AvgIpc) is 2.74. The van der Waals surface area contributed by atoms with Crippen LogP contribution in [0, 0.1) is 4.91 Å². The molecule has 6 atom stereocenters. The van der Waals surface area contributed by atoms with Crippen LogP contribution in [0.2, 0.25) is 0 Å². The van der Waals surface area contributed by atoms with Gasteiger partial charge in [-0.3, -0.25) is 4.90 Å². The van der Waals surface area contributed by atoms with Crippen molar-refractivity contribution in [2.75, 3.05) is 39.3 Å². The van der Waals surface area contributed by atoms with Crippen LogP contribution in [0.1, 0.15) is 26.2 Å². The van der Waals surface area contributed by atoms with E-state index >= 15 is 0 Å². The molecular formula is C17H32ClN3O9. The first-order chi connectivity index (χ1) is 14.3. The summed E-state index contributed by atoms with van der Waals surface area (Å²) in [6.07, 6.45) is -7.84. The van der Waals surface area contributed by atoms with Gasteiger partial charge in [-0.15, -0.1) is 16.5 Å². The highest BCUT2D eigenvalue weighted by Gasteiger charge is 2.49. The minimum atomic E-state index is -1.79. The molecule has 0 aromatic rings. The van der Waals surface area contributed by atoms with Crippen molar-refractivity contribution in [3.8, 4) is 0 Å². The van der Waals surface area contributed by atoms with Gasteiger partial charge in [0.05, 0.1) is 11.8 Å². The van der Waals surface area contributed by atoms with Gasteiger partial charge >= 0.3 is 6.03 Å². The van der Waals surface area contributed by atoms with E-state index in [9.17, 15) is 30.1 Å². The van der Waals surface area contributed by atoms with E-state index < -0.39 is 43.0 Å². The number of rotatable bonds is 13. The van der Waals surface area contributed by atoms with Crippen LogP contribution in [0.5, 0.6) is 0 Å². The molecule has 0 spiro atoms. The Morgan fingerprint density at radius 3 is 2.43 bits per heavy atom. The Morgan fingerprint density at radius 1 is 1.17 bits per heavy atom. The average molecular weight is 458 g/mol. The van der Waals surface area contributed by atoms with Crippen LogP contribution >= 0.6 is 11.6 Å². The SMILES string of the molecule is CCCCO[C@@H]1O[C@H](C(O)N(CCCOC)C(=O)N(CCCl)N=O)[C@@H](O)[C@H](O)[C@H]1O. The van der Waals surface area contributed by atoms with Crippen LogP contribution in [0.4, 0.5) is 4.79 Å². The van der Waals surface area contributed by atoms with Crippen molar-refractivity contribution in [2.45, 2.75) is 63.1 Å². The lowest BCUT2D eigenvalue weighted by Gasteiger charge is -2.44. The Bertz CT molecular complexity index is 519. The summed E-state index contributed by atoms with van der Waals surface area (Å²) in [4.78, 5) is 24.6. The molecule has 0 radical (unpaired) electrons. The van der Waals surface area contributed by atoms with Gasteiger partial charge in [-0.2, -0.15) is 5.01 Å². The zero-order chi connectivity index (χ0) is 22.7. The molecule has 1 unspecified atom stereocenters. The molecule has 1 fully saturated rings. The number of ether oxygens (including phenoxy) is 3. The number of methoxy groups -OCH3 is 1. The van der Waals surface area contributed by atoms with E-state index in [0.29, 0.717) is 11.4 Å². The van der Waals surface area contributed by atoms with Crippen LogP contribution in [0.25, 0.3) is 0 Å². The number of hydrogen-bond donors (Lipinski definition) is 4. The first-order valence-electron chi connectivity index (χ1n) is 9.79. The van der Waals surface area contributed by atoms with E-state index in [1.807, 2.05) is 6.92 Å². The fourth-order valence-electron chi connectivity index (χ4n) is 2.90. The lowest BCUT2D eigenvalue weighted by atomic mass is 9.97. The van der Waals surface area contributed by atoms with Gasteiger partial charge in [0, 0.05) is 32.7 Å². The Hall–Kier alpha value is -1.12. The summed E-state index contributed by atoms with van der Waals surface area (Å²) in [6, 6.07) is -0.964. The Morgan fingerprint density at radius 2 is 1.87 bits per heavy atom. The fraction of sp³-hybridized carbons (Fsp3) is 0.941. The number of urea groups is 1. The number of halogens is 1. The molecule has 4 N–H and O–H groups in total. The molecular weight excluding hydrogens is 426 g/mol. The number of hydrogen-bond acceptors (Lipinski definition) is 10. The molecule has 1 aliphatic heterocycles. The number of aliphatic hydroxyl groups is 4. The maximum atomic E-state index is 12.7. The first kappa shape index (κ1) is 26.9. The van der Waals surface area contributed by atoms with Gasteiger partial charge in [0.15, 0.2) is 12.5 Å². The van der Waals surface area contributed by atoms with Gasteiger partial charge < -0.3 is 34.6 Å². The maximum Gasteiger partial charge on any atom is 0.345 e. The molecule has 0 saturated carbocycles. The first-order valence-corrected chi connectivity index (χ1v) is 10.3. The highest BCUT2D eigenvalue weighted by Crippen LogP contribution is 2.26. The molecule has 1 rings (SSSR count). The van der Waals surface area contributed by atoms with E-state index in [0.717, 1.165) is 11.3 Å². The number of amides is 2. The fourth-order valence-corrected chi connectivity index (χ4v) is 3.06. The summed E-state index contributed by atoms with van der Waals surface area (Å²) in [5, 5.41) is 44.6. The highest BCUT2D eigenvalue weighted by molar-refractivity contribution is 6.18. The van der Waals surface area contributed by atoms with Crippen LogP contribution in [0.15, 0.2) is 5.29 Å². The Labute approximate surface area is 180 Å². The molecule has 30 heavy (non-hydrogen) atoms. The number of alkyl halides is 1. The van der Waals surface area contributed by atoms with Crippen LogP contribution in [-0.4, -0.2) is 113 Å². The topological polar surface area (TPSA) is 162 Å². The molecule has 1 saturated heterocycles. The van der Waals surface area contributed by atoms with Gasteiger partial charge in [-0.25, -0.2) is 4.79 Å². The molecule has 2 amide bonds. The third-order valence-corrected chi connectivity index (χ3v) is 4.78. The molecule has 13 heteroatoms. The summed E-state index contributed by atoms with van der Waals surface area (Å²) in [6.45, 7) is 2.13. The van der Waals surface area contributed by atoms with E-state index in [2.05, 4.69) is 5.29 Å². The molecule has 0 aromatic heterocycles. The van der Waals surface area contributed by atoms with Crippen molar-refractivity contribution < 1.29 is 39.4 Å². The predicted octanol–water partition coefficient (Wildman–Crippen LogP) is -0.390. The zero-order valence-electron chi connectivity index (χ0n) is 17.2. The quantitative estimate of drug-likeness (QED) is 0.0948. The van der Waals surface area contributed by atoms with Gasteiger partial charge in [0.2, 0.25) is 0 Å². The monoisotopic (exact) mass is 457 g/mol. The zero-order valence-corrected chi connectivity index (χ0v) is 17.9. The molecule has 0 bridgehead atoms. The number of aliphatic hydroxyl groups excluding tert-OH is 4. The number of carbonyl (C=O) groups excluding carboxylic acids is 1. The third kappa shape index (κ3) is 7.24. The van der Waals surface area contributed by atoms with Crippen molar-refractivity contribution in [3.05, 3.63) is 4.91 Å². The lowest BCUT2D eigenvalue weighted by Crippen LogP contribution is -2.65. The molecule has 1 aliphatic rings. The van der Waals surface area contributed by atoms with Crippen molar-refractivity contribution in [1.29, 1.82) is 0 Å². The molecule has 1 heterocycles. The van der Waals surface area contributed by atoms with Crippen LogP contribution in [-0.2, 0) is 14.2 Å². The number of nitrogens with zero attached hydrogens (tertiary/aromatic N) is 3. The second-order valence-electron chi connectivity index (χ2n) is 6.79. The smallest absolute Gasteiger partial charge is 0.345 e. The molecule has 0 aromatic carbocycles. The van der Waals surface area contributed by atoms with E-state index in [4.69, 9.17) is 25.8 Å². The Kier molecular flexibility index (Phi) is 12.6. The number of unbranched alkanes of at least 4 members (excludes halogenated alkanes) is 1. The minimum absolute atomic E-state index is 0.0692. The van der Waals surface area contributed by atoms with E-state index in [1.165, 1.54) is 7.11 Å². The van der Waals surface area contributed by atoms with Crippen molar-refractivity contribution in [1.82, 2.24) is 9.91 Å². The predicted molar refractivity (Wildman–Crippen MR) is 105 cm³/mol.